The first-order valence-electron chi connectivity index (χ1n) is 7.77. The summed E-state index contributed by atoms with van der Waals surface area (Å²) >= 11 is 0. The molecule has 7 heteroatoms. The number of Topliss-reactive ketones (excluding diaryl/α,β-unsaturated/α-hetero) is 1. The standard InChI is InChI=1S/C19H20O7/c1-13(20)15-9-10-16(24-11-22-2)18(25-12-23-3)17(15)26-19(21)14-7-5-4-6-8-14/h4-10H,11-12H2,1-3H3. The number of ether oxygens (including phenoxy) is 5. The number of esters is 1. The summed E-state index contributed by atoms with van der Waals surface area (Å²) in [6.07, 6.45) is 0. The number of methoxy groups -OCH3 is 2. The van der Waals surface area contributed by atoms with Gasteiger partial charge in [0.1, 0.15) is 0 Å². The summed E-state index contributed by atoms with van der Waals surface area (Å²) in [5.74, 6) is -0.608. The van der Waals surface area contributed by atoms with Crippen molar-refractivity contribution in [3.8, 4) is 17.2 Å². The lowest BCUT2D eigenvalue weighted by atomic mass is 10.1. The molecule has 2 aromatic rings. The van der Waals surface area contributed by atoms with E-state index in [4.69, 9.17) is 23.7 Å². The van der Waals surface area contributed by atoms with E-state index >= 15 is 0 Å². The topological polar surface area (TPSA) is 80.3 Å². The SMILES string of the molecule is COCOc1ccc(C(C)=O)c(OC(=O)c2ccccc2)c1OCOC. The number of rotatable bonds is 9. The molecule has 0 heterocycles. The summed E-state index contributed by atoms with van der Waals surface area (Å²) in [7, 11) is 2.91. The largest absolute Gasteiger partial charge is 0.464 e. The third-order valence-corrected chi connectivity index (χ3v) is 3.31. The molecule has 2 rings (SSSR count). The zero-order valence-corrected chi connectivity index (χ0v) is 14.8. The highest BCUT2D eigenvalue weighted by molar-refractivity contribution is 6.00. The third-order valence-electron chi connectivity index (χ3n) is 3.31. The number of hydrogen-bond acceptors (Lipinski definition) is 7. The van der Waals surface area contributed by atoms with Crippen LogP contribution in [0.5, 0.6) is 17.2 Å². The van der Waals surface area contributed by atoms with E-state index in [1.165, 1.54) is 27.2 Å². The van der Waals surface area contributed by atoms with Crippen molar-refractivity contribution in [3.05, 3.63) is 53.6 Å². The van der Waals surface area contributed by atoms with Gasteiger partial charge in [-0.3, -0.25) is 4.79 Å². The van der Waals surface area contributed by atoms with Gasteiger partial charge < -0.3 is 23.7 Å². The normalized spacial score (nSPS) is 10.3. The van der Waals surface area contributed by atoms with Crippen LogP contribution in [0.25, 0.3) is 0 Å². The zero-order valence-electron chi connectivity index (χ0n) is 14.8. The first-order valence-corrected chi connectivity index (χ1v) is 7.77. The molecule has 0 bridgehead atoms. The first-order chi connectivity index (χ1) is 12.6. The molecule has 0 unspecified atom stereocenters. The molecule has 0 aliphatic rings. The molecule has 0 N–H and O–H groups in total. The van der Waals surface area contributed by atoms with Crippen molar-refractivity contribution in [1.82, 2.24) is 0 Å². The van der Waals surface area contributed by atoms with Crippen molar-refractivity contribution in [2.24, 2.45) is 0 Å². The Bertz CT molecular complexity index is 756. The van der Waals surface area contributed by atoms with E-state index in [0.29, 0.717) is 5.56 Å². The predicted molar refractivity (Wildman–Crippen MR) is 92.9 cm³/mol. The van der Waals surface area contributed by atoms with Crippen LogP contribution >= 0.6 is 0 Å². The lowest BCUT2D eigenvalue weighted by molar-refractivity contribution is 0.0300. The van der Waals surface area contributed by atoms with Crippen molar-refractivity contribution in [3.63, 3.8) is 0 Å². The Hall–Kier alpha value is -2.90. The van der Waals surface area contributed by atoms with E-state index in [1.54, 1.807) is 36.4 Å². The van der Waals surface area contributed by atoms with Gasteiger partial charge in [0.15, 0.2) is 30.9 Å². The second-order valence-electron chi connectivity index (χ2n) is 5.18. The van der Waals surface area contributed by atoms with Crippen molar-refractivity contribution in [2.45, 2.75) is 6.92 Å². The summed E-state index contributed by atoms with van der Waals surface area (Å²) in [5, 5.41) is 0. The third kappa shape index (κ3) is 4.81. The van der Waals surface area contributed by atoms with E-state index in [9.17, 15) is 9.59 Å². The Morgan fingerprint density at radius 3 is 2.12 bits per heavy atom. The van der Waals surface area contributed by atoms with Crippen LogP contribution < -0.4 is 14.2 Å². The zero-order chi connectivity index (χ0) is 18.9. The molecular weight excluding hydrogens is 340 g/mol. The highest BCUT2D eigenvalue weighted by Crippen LogP contribution is 2.41. The summed E-state index contributed by atoms with van der Waals surface area (Å²) in [6.45, 7) is 1.19. The quantitative estimate of drug-likeness (QED) is 0.294. The van der Waals surface area contributed by atoms with Crippen LogP contribution in [0, 0.1) is 0 Å². The van der Waals surface area contributed by atoms with Gasteiger partial charge in [0, 0.05) is 14.2 Å². The highest BCUT2D eigenvalue weighted by atomic mass is 16.7. The minimum atomic E-state index is -0.626. The number of carbonyl (C=O) groups excluding carboxylic acids is 2. The molecule has 2 aromatic carbocycles. The maximum Gasteiger partial charge on any atom is 0.343 e. The van der Waals surface area contributed by atoms with Gasteiger partial charge >= 0.3 is 5.97 Å². The minimum absolute atomic E-state index is 0.0305. The van der Waals surface area contributed by atoms with E-state index in [-0.39, 0.29) is 42.2 Å². The van der Waals surface area contributed by atoms with Gasteiger partial charge in [-0.2, -0.15) is 0 Å². The van der Waals surface area contributed by atoms with Crippen LogP contribution in [0.15, 0.2) is 42.5 Å². The first kappa shape index (κ1) is 19.4. The molecule has 26 heavy (non-hydrogen) atoms. The van der Waals surface area contributed by atoms with Gasteiger partial charge in [0.2, 0.25) is 5.75 Å². The van der Waals surface area contributed by atoms with Gasteiger partial charge in [-0.15, -0.1) is 0 Å². The van der Waals surface area contributed by atoms with Gasteiger partial charge in [-0.1, -0.05) is 18.2 Å². The monoisotopic (exact) mass is 360 g/mol. The average Bonchev–Trinajstić information content (AvgIpc) is 2.65. The van der Waals surface area contributed by atoms with Crippen molar-refractivity contribution in [1.29, 1.82) is 0 Å². The fraction of sp³-hybridized carbons (Fsp3) is 0.263. The van der Waals surface area contributed by atoms with Crippen LogP contribution in [0.1, 0.15) is 27.6 Å². The van der Waals surface area contributed by atoms with Crippen LogP contribution in [-0.2, 0) is 9.47 Å². The summed E-state index contributed by atoms with van der Waals surface area (Å²) in [6, 6.07) is 11.5. The highest BCUT2D eigenvalue weighted by Gasteiger charge is 2.23. The number of ketones is 1. The lowest BCUT2D eigenvalue weighted by Gasteiger charge is -2.17. The Balaban J connectivity index is 2.47. The molecule has 0 aromatic heterocycles. The average molecular weight is 360 g/mol. The van der Waals surface area contributed by atoms with Crippen LogP contribution in [-0.4, -0.2) is 39.6 Å². The van der Waals surface area contributed by atoms with Crippen LogP contribution in [0.4, 0.5) is 0 Å². The number of benzene rings is 2. The van der Waals surface area contributed by atoms with Crippen molar-refractivity contribution >= 4 is 11.8 Å². The maximum atomic E-state index is 12.5. The molecule has 0 saturated heterocycles. The molecule has 0 fully saturated rings. The number of carbonyl (C=O) groups is 2. The Kier molecular flexibility index (Phi) is 7.13. The smallest absolute Gasteiger partial charge is 0.343 e. The molecule has 0 radical (unpaired) electrons. The lowest BCUT2D eigenvalue weighted by Crippen LogP contribution is -2.14. The predicted octanol–water partition coefficient (Wildman–Crippen LogP) is 3.07. The summed E-state index contributed by atoms with van der Waals surface area (Å²) in [4.78, 5) is 24.4. The van der Waals surface area contributed by atoms with Crippen molar-refractivity contribution in [2.75, 3.05) is 27.8 Å². The molecular formula is C19H20O7. The van der Waals surface area contributed by atoms with E-state index < -0.39 is 5.97 Å². The molecule has 138 valence electrons. The molecule has 0 amide bonds. The van der Waals surface area contributed by atoms with Gasteiger partial charge in [0.05, 0.1) is 11.1 Å². The fourth-order valence-electron chi connectivity index (χ4n) is 2.14. The second-order valence-corrected chi connectivity index (χ2v) is 5.18. The number of hydrogen-bond donors (Lipinski definition) is 0. The van der Waals surface area contributed by atoms with Crippen LogP contribution in [0.3, 0.4) is 0 Å². The van der Waals surface area contributed by atoms with Gasteiger partial charge in [0.25, 0.3) is 0 Å². The second kappa shape index (κ2) is 9.55. The van der Waals surface area contributed by atoms with Gasteiger partial charge in [-0.25, -0.2) is 4.79 Å². The fourth-order valence-corrected chi connectivity index (χ4v) is 2.14. The van der Waals surface area contributed by atoms with Crippen LogP contribution in [0.2, 0.25) is 0 Å². The Labute approximate surface area is 151 Å². The Morgan fingerprint density at radius 2 is 1.50 bits per heavy atom. The van der Waals surface area contributed by atoms with E-state index in [1.807, 2.05) is 0 Å². The molecule has 7 nitrogen and oxygen atoms in total. The maximum absolute atomic E-state index is 12.5. The Morgan fingerprint density at radius 1 is 0.846 bits per heavy atom. The van der Waals surface area contributed by atoms with E-state index in [2.05, 4.69) is 0 Å². The molecule has 0 spiro atoms. The van der Waals surface area contributed by atoms with Gasteiger partial charge in [-0.05, 0) is 31.2 Å². The van der Waals surface area contributed by atoms with E-state index in [0.717, 1.165) is 0 Å². The summed E-state index contributed by atoms with van der Waals surface area (Å²) < 4.78 is 26.2. The summed E-state index contributed by atoms with van der Waals surface area (Å²) in [5.41, 5.74) is 0.521. The molecule has 0 saturated carbocycles. The molecule has 0 atom stereocenters. The van der Waals surface area contributed by atoms with Crippen molar-refractivity contribution < 1.29 is 33.3 Å². The molecule has 0 aliphatic carbocycles. The molecule has 0 aliphatic heterocycles. The minimum Gasteiger partial charge on any atom is -0.464 e.